The van der Waals surface area contributed by atoms with Crippen molar-refractivity contribution in [3.63, 3.8) is 0 Å². The molecular formula is C24H38INOS. The number of aliphatic hydroxyl groups is 1. The number of aliphatic hydroxyl groups excluding tert-OH is 1. The minimum Gasteiger partial charge on any atom is -0.393 e. The van der Waals surface area contributed by atoms with Gasteiger partial charge in [-0.05, 0) is 73.5 Å². The Bertz CT molecular complexity index is 623. The minimum atomic E-state index is -0.126. The third kappa shape index (κ3) is 6.12. The SMILES string of the molecule is Cc1cc2c(cc1C)[C@H]1C[C@@H](O)[C@H](CCCCCCCSCCI)CN1CC2. The van der Waals surface area contributed by atoms with Crippen molar-refractivity contribution in [1.29, 1.82) is 0 Å². The fraction of sp³-hybridized carbons (Fsp3) is 0.750. The molecule has 0 radical (unpaired) electrons. The van der Waals surface area contributed by atoms with Crippen LogP contribution in [0.5, 0.6) is 0 Å². The number of halogens is 1. The van der Waals surface area contributed by atoms with E-state index in [4.69, 9.17) is 0 Å². The van der Waals surface area contributed by atoms with E-state index in [0.717, 1.165) is 19.5 Å². The lowest BCUT2D eigenvalue weighted by Crippen LogP contribution is -2.48. The average molecular weight is 516 g/mol. The highest BCUT2D eigenvalue weighted by atomic mass is 127. The number of aryl methyl sites for hydroxylation is 2. The highest BCUT2D eigenvalue weighted by molar-refractivity contribution is 14.1. The molecule has 158 valence electrons. The summed E-state index contributed by atoms with van der Waals surface area (Å²) >= 11 is 4.56. The molecule has 0 saturated carbocycles. The number of piperidine rings is 1. The molecule has 0 bridgehead atoms. The van der Waals surface area contributed by atoms with Crippen molar-refractivity contribution in [3.8, 4) is 0 Å². The molecule has 3 rings (SSSR count). The molecule has 2 aliphatic rings. The minimum absolute atomic E-state index is 0.126. The second-order valence-corrected chi connectivity index (χ2v) is 11.1. The van der Waals surface area contributed by atoms with E-state index in [0.29, 0.717) is 12.0 Å². The van der Waals surface area contributed by atoms with Crippen LogP contribution in [0.3, 0.4) is 0 Å². The van der Waals surface area contributed by atoms with Crippen molar-refractivity contribution in [2.75, 3.05) is 29.0 Å². The van der Waals surface area contributed by atoms with Crippen molar-refractivity contribution < 1.29 is 5.11 Å². The van der Waals surface area contributed by atoms with Crippen molar-refractivity contribution >= 4 is 34.4 Å². The number of hydrogen-bond acceptors (Lipinski definition) is 3. The van der Waals surface area contributed by atoms with Gasteiger partial charge in [0.1, 0.15) is 0 Å². The third-order valence-electron chi connectivity index (χ3n) is 6.79. The van der Waals surface area contributed by atoms with Gasteiger partial charge in [0.15, 0.2) is 0 Å². The molecule has 0 amide bonds. The molecule has 1 aromatic carbocycles. The maximum absolute atomic E-state index is 10.9. The molecule has 28 heavy (non-hydrogen) atoms. The Hall–Kier alpha value is 0.220. The molecule has 0 unspecified atom stereocenters. The van der Waals surface area contributed by atoms with Crippen LogP contribution < -0.4 is 0 Å². The molecule has 0 aromatic heterocycles. The van der Waals surface area contributed by atoms with E-state index < -0.39 is 0 Å². The number of unbranched alkanes of at least 4 members (excludes halogenated alkanes) is 4. The highest BCUT2D eigenvalue weighted by Gasteiger charge is 2.37. The van der Waals surface area contributed by atoms with Crippen LogP contribution in [-0.4, -0.2) is 45.1 Å². The number of hydrogen-bond donors (Lipinski definition) is 1. The zero-order valence-electron chi connectivity index (χ0n) is 17.8. The Labute approximate surface area is 190 Å². The first kappa shape index (κ1) is 22.9. The second kappa shape index (κ2) is 11.6. The first-order valence-electron chi connectivity index (χ1n) is 11.3. The fourth-order valence-electron chi connectivity index (χ4n) is 4.96. The van der Waals surface area contributed by atoms with E-state index in [1.165, 1.54) is 83.1 Å². The van der Waals surface area contributed by atoms with Gasteiger partial charge in [0, 0.05) is 29.3 Å². The van der Waals surface area contributed by atoms with E-state index in [1.54, 1.807) is 0 Å². The number of nitrogens with zero attached hydrogens (tertiary/aromatic N) is 1. The molecule has 1 saturated heterocycles. The molecule has 0 spiro atoms. The number of benzene rings is 1. The third-order valence-corrected chi connectivity index (χ3v) is 9.13. The smallest absolute Gasteiger partial charge is 0.0598 e. The maximum atomic E-state index is 10.9. The Morgan fingerprint density at radius 2 is 1.82 bits per heavy atom. The summed E-state index contributed by atoms with van der Waals surface area (Å²) in [6, 6.07) is 5.22. The number of rotatable bonds is 10. The lowest BCUT2D eigenvalue weighted by atomic mass is 9.79. The average Bonchev–Trinajstić information content (AvgIpc) is 2.68. The molecule has 0 aliphatic carbocycles. The maximum Gasteiger partial charge on any atom is 0.0598 e. The molecule has 2 nitrogen and oxygen atoms in total. The first-order chi connectivity index (χ1) is 13.6. The van der Waals surface area contributed by atoms with Crippen LogP contribution in [0.15, 0.2) is 12.1 Å². The van der Waals surface area contributed by atoms with Crippen molar-refractivity contribution in [1.82, 2.24) is 4.90 Å². The summed E-state index contributed by atoms with van der Waals surface area (Å²) in [7, 11) is 0. The number of thioether (sulfide) groups is 1. The van der Waals surface area contributed by atoms with Gasteiger partial charge in [-0.25, -0.2) is 0 Å². The van der Waals surface area contributed by atoms with E-state index in [9.17, 15) is 5.11 Å². The van der Waals surface area contributed by atoms with E-state index >= 15 is 0 Å². The van der Waals surface area contributed by atoms with Gasteiger partial charge in [-0.15, -0.1) is 0 Å². The van der Waals surface area contributed by atoms with Crippen LogP contribution in [0, 0.1) is 19.8 Å². The summed E-state index contributed by atoms with van der Waals surface area (Å²) in [6.45, 7) is 6.69. The van der Waals surface area contributed by atoms with Crippen LogP contribution in [0.4, 0.5) is 0 Å². The summed E-state index contributed by atoms with van der Waals surface area (Å²) in [6.07, 6.45) is 9.92. The molecule has 1 fully saturated rings. The van der Waals surface area contributed by atoms with Crippen molar-refractivity contribution in [2.45, 2.75) is 77.4 Å². The van der Waals surface area contributed by atoms with Crippen LogP contribution in [0.1, 0.15) is 73.2 Å². The van der Waals surface area contributed by atoms with Gasteiger partial charge in [0.25, 0.3) is 0 Å². The van der Waals surface area contributed by atoms with Crippen LogP contribution in [0.2, 0.25) is 0 Å². The van der Waals surface area contributed by atoms with E-state index in [2.05, 4.69) is 65.2 Å². The van der Waals surface area contributed by atoms with Gasteiger partial charge in [-0.1, -0.05) is 60.4 Å². The first-order valence-corrected chi connectivity index (χ1v) is 13.9. The zero-order chi connectivity index (χ0) is 19.9. The van der Waals surface area contributed by atoms with Gasteiger partial charge in [-0.3, -0.25) is 4.90 Å². The number of alkyl halides is 1. The largest absolute Gasteiger partial charge is 0.393 e. The van der Waals surface area contributed by atoms with Gasteiger partial charge in [0.2, 0.25) is 0 Å². The summed E-state index contributed by atoms with van der Waals surface area (Å²) in [4.78, 5) is 2.67. The predicted octanol–water partition coefficient (Wildman–Crippen LogP) is 6.09. The fourth-order valence-corrected chi connectivity index (χ4v) is 6.62. The van der Waals surface area contributed by atoms with Gasteiger partial charge in [0.05, 0.1) is 6.10 Å². The molecular weight excluding hydrogens is 477 g/mol. The van der Waals surface area contributed by atoms with Gasteiger partial charge < -0.3 is 5.11 Å². The molecule has 4 heteroatoms. The Balaban J connectivity index is 1.41. The van der Waals surface area contributed by atoms with Crippen LogP contribution >= 0.6 is 34.4 Å². The zero-order valence-corrected chi connectivity index (χ0v) is 20.7. The molecule has 2 aliphatic heterocycles. The molecule has 2 heterocycles. The Morgan fingerprint density at radius 1 is 1.07 bits per heavy atom. The standard InChI is InChI=1S/C24H38INOS/c1-18-14-20-9-11-26-17-21(8-6-4-3-5-7-12-28-13-10-25)24(27)16-23(26)22(20)15-19(18)2/h14-15,21,23-24,27H,3-13,16-17H2,1-2H3/t21-,23-,24-/m1/s1. The van der Waals surface area contributed by atoms with Crippen LogP contribution in [0.25, 0.3) is 0 Å². The summed E-state index contributed by atoms with van der Waals surface area (Å²) in [5.74, 6) is 3.12. The topological polar surface area (TPSA) is 23.5 Å². The second-order valence-electron chi connectivity index (χ2n) is 8.82. The van der Waals surface area contributed by atoms with Crippen molar-refractivity contribution in [2.24, 2.45) is 5.92 Å². The number of fused-ring (bicyclic) bond motifs is 3. The molecule has 3 atom stereocenters. The predicted molar refractivity (Wildman–Crippen MR) is 132 cm³/mol. The molecule has 1 N–H and O–H groups in total. The monoisotopic (exact) mass is 515 g/mol. The Kier molecular flexibility index (Phi) is 9.46. The summed E-state index contributed by atoms with van der Waals surface area (Å²) in [5, 5.41) is 10.9. The lowest BCUT2D eigenvalue weighted by molar-refractivity contribution is -0.0157. The van der Waals surface area contributed by atoms with E-state index in [-0.39, 0.29) is 6.10 Å². The normalized spacial score (nSPS) is 24.8. The summed E-state index contributed by atoms with van der Waals surface area (Å²) in [5.41, 5.74) is 5.81. The van der Waals surface area contributed by atoms with Gasteiger partial charge >= 0.3 is 0 Å². The van der Waals surface area contributed by atoms with E-state index in [1.807, 2.05) is 0 Å². The quantitative estimate of drug-likeness (QED) is 0.232. The highest BCUT2D eigenvalue weighted by Crippen LogP contribution is 2.40. The Morgan fingerprint density at radius 3 is 2.64 bits per heavy atom. The van der Waals surface area contributed by atoms with Crippen molar-refractivity contribution in [3.05, 3.63) is 34.4 Å². The molecule has 1 aromatic rings. The lowest BCUT2D eigenvalue weighted by Gasteiger charge is -2.46. The summed E-state index contributed by atoms with van der Waals surface area (Å²) < 4.78 is 1.27. The van der Waals surface area contributed by atoms with Crippen LogP contribution in [-0.2, 0) is 6.42 Å². The van der Waals surface area contributed by atoms with Gasteiger partial charge in [-0.2, -0.15) is 11.8 Å².